The zero-order chi connectivity index (χ0) is 24.1. The van der Waals surface area contributed by atoms with Crippen molar-refractivity contribution in [3.05, 3.63) is 53.1 Å². The molecule has 0 radical (unpaired) electrons. The first kappa shape index (κ1) is 25.5. The SMILES string of the molecule is CC(=O)Nc1ccc(S(=O)(=O)Oc2ccc(Cl)cc2CN(C(=O)NC(C)C)C(C)C)cc1. The topological polar surface area (TPSA) is 105 Å². The van der Waals surface area contributed by atoms with Gasteiger partial charge in [-0.05, 0) is 70.2 Å². The third-order valence-corrected chi connectivity index (χ3v) is 5.81. The predicted octanol–water partition coefficient (Wildman–Crippen LogP) is 4.39. The molecule has 174 valence electrons. The van der Waals surface area contributed by atoms with Gasteiger partial charge in [0.2, 0.25) is 5.91 Å². The molecule has 2 aromatic carbocycles. The Hall–Kier alpha value is -2.78. The van der Waals surface area contributed by atoms with Gasteiger partial charge in [-0.3, -0.25) is 4.79 Å². The molecule has 2 N–H and O–H groups in total. The lowest BCUT2D eigenvalue weighted by Gasteiger charge is -2.28. The summed E-state index contributed by atoms with van der Waals surface area (Å²) in [6.07, 6.45) is 0. The van der Waals surface area contributed by atoms with Crippen LogP contribution in [-0.4, -0.2) is 37.3 Å². The molecule has 3 amide bonds. The number of halogens is 1. The fourth-order valence-corrected chi connectivity index (χ4v) is 3.99. The number of hydrogen-bond acceptors (Lipinski definition) is 5. The lowest BCUT2D eigenvalue weighted by Crippen LogP contribution is -2.45. The lowest BCUT2D eigenvalue weighted by molar-refractivity contribution is -0.114. The molecule has 0 aliphatic carbocycles. The molecule has 10 heteroatoms. The second-order valence-electron chi connectivity index (χ2n) is 7.82. The van der Waals surface area contributed by atoms with E-state index in [2.05, 4.69) is 10.6 Å². The van der Waals surface area contributed by atoms with Crippen molar-refractivity contribution in [3.8, 4) is 5.75 Å². The third-order valence-electron chi connectivity index (χ3n) is 4.32. The molecule has 0 aromatic heterocycles. The molecule has 2 aromatic rings. The normalized spacial score (nSPS) is 11.4. The number of amides is 3. The average molecular weight is 482 g/mol. The molecular weight excluding hydrogens is 454 g/mol. The Kier molecular flexibility index (Phi) is 8.51. The van der Waals surface area contributed by atoms with Crippen LogP contribution in [-0.2, 0) is 21.5 Å². The van der Waals surface area contributed by atoms with Gasteiger partial charge in [0.15, 0.2) is 0 Å². The van der Waals surface area contributed by atoms with Gasteiger partial charge in [0.25, 0.3) is 0 Å². The molecule has 0 unspecified atom stereocenters. The number of hydrogen-bond donors (Lipinski definition) is 2. The smallest absolute Gasteiger partial charge is 0.339 e. The van der Waals surface area contributed by atoms with Crippen LogP contribution in [0.25, 0.3) is 0 Å². The van der Waals surface area contributed by atoms with Gasteiger partial charge in [-0.15, -0.1) is 0 Å². The summed E-state index contributed by atoms with van der Waals surface area (Å²) in [5, 5.41) is 5.79. The molecule has 0 saturated heterocycles. The van der Waals surface area contributed by atoms with E-state index in [9.17, 15) is 18.0 Å². The zero-order valence-electron chi connectivity index (χ0n) is 18.7. The molecule has 0 saturated carbocycles. The minimum absolute atomic E-state index is 0.0559. The van der Waals surface area contributed by atoms with Crippen molar-refractivity contribution in [1.82, 2.24) is 10.2 Å². The standard InChI is InChI=1S/C22H28ClN3O5S/c1-14(2)24-22(28)26(15(3)4)13-17-12-18(23)6-11-21(17)31-32(29,30)20-9-7-19(8-10-20)25-16(5)27/h6-12,14-15H,13H2,1-5H3,(H,24,28)(H,25,27). The van der Waals surface area contributed by atoms with Crippen LogP contribution < -0.4 is 14.8 Å². The summed E-state index contributed by atoms with van der Waals surface area (Å²) in [7, 11) is -4.16. The quantitative estimate of drug-likeness (QED) is 0.544. The van der Waals surface area contributed by atoms with E-state index in [0.29, 0.717) is 16.3 Å². The minimum Gasteiger partial charge on any atom is -0.379 e. The molecule has 8 nitrogen and oxygen atoms in total. The van der Waals surface area contributed by atoms with Crippen molar-refractivity contribution in [1.29, 1.82) is 0 Å². The van der Waals surface area contributed by atoms with Crippen molar-refractivity contribution in [2.45, 2.75) is 58.1 Å². The molecule has 0 aliphatic heterocycles. The van der Waals surface area contributed by atoms with Crippen molar-refractivity contribution >= 4 is 39.3 Å². The Balaban J connectivity index is 2.32. The molecular formula is C22H28ClN3O5S. The van der Waals surface area contributed by atoms with Gasteiger partial charge in [0, 0.05) is 35.3 Å². The minimum atomic E-state index is -4.16. The first-order valence-corrected chi connectivity index (χ1v) is 11.9. The van der Waals surface area contributed by atoms with Crippen LogP contribution in [0, 0.1) is 0 Å². The van der Waals surface area contributed by atoms with Crippen LogP contribution in [0.3, 0.4) is 0 Å². The second-order valence-corrected chi connectivity index (χ2v) is 9.80. The summed E-state index contributed by atoms with van der Waals surface area (Å²) in [6.45, 7) is 8.89. The van der Waals surface area contributed by atoms with Gasteiger partial charge in [-0.1, -0.05) is 11.6 Å². The average Bonchev–Trinajstić information content (AvgIpc) is 2.67. The number of carbonyl (C=O) groups excluding carboxylic acids is 2. The number of nitrogens with zero attached hydrogens (tertiary/aromatic N) is 1. The lowest BCUT2D eigenvalue weighted by atomic mass is 10.1. The van der Waals surface area contributed by atoms with E-state index in [0.717, 1.165) is 0 Å². The van der Waals surface area contributed by atoms with E-state index in [4.69, 9.17) is 15.8 Å². The van der Waals surface area contributed by atoms with Crippen LogP contribution in [0.1, 0.15) is 40.2 Å². The Labute approximate surface area is 194 Å². The fraction of sp³-hybridized carbons (Fsp3) is 0.364. The highest BCUT2D eigenvalue weighted by molar-refractivity contribution is 7.87. The highest BCUT2D eigenvalue weighted by atomic mass is 35.5. The van der Waals surface area contributed by atoms with Crippen LogP contribution >= 0.6 is 11.6 Å². The number of anilines is 1. The first-order chi connectivity index (χ1) is 14.9. The van der Waals surface area contributed by atoms with Gasteiger partial charge in [-0.25, -0.2) is 4.79 Å². The summed E-state index contributed by atoms with van der Waals surface area (Å²) in [5.74, 6) is -0.192. The van der Waals surface area contributed by atoms with Gasteiger partial charge in [-0.2, -0.15) is 8.42 Å². The van der Waals surface area contributed by atoms with Gasteiger partial charge in [0.1, 0.15) is 10.6 Å². The van der Waals surface area contributed by atoms with Crippen LogP contribution in [0.2, 0.25) is 5.02 Å². The highest BCUT2D eigenvalue weighted by Gasteiger charge is 2.23. The van der Waals surface area contributed by atoms with Crippen LogP contribution in [0.5, 0.6) is 5.75 Å². The maximum Gasteiger partial charge on any atom is 0.339 e. The van der Waals surface area contributed by atoms with E-state index in [-0.39, 0.29) is 41.2 Å². The predicted molar refractivity (Wildman–Crippen MR) is 124 cm³/mol. The summed E-state index contributed by atoms with van der Waals surface area (Å²) < 4.78 is 31.1. The number of benzene rings is 2. The van der Waals surface area contributed by atoms with Gasteiger partial charge < -0.3 is 19.7 Å². The molecule has 0 aliphatic rings. The van der Waals surface area contributed by atoms with E-state index >= 15 is 0 Å². The van der Waals surface area contributed by atoms with E-state index in [1.54, 1.807) is 11.0 Å². The van der Waals surface area contributed by atoms with Gasteiger partial charge >= 0.3 is 16.1 Å². The summed E-state index contributed by atoms with van der Waals surface area (Å²) in [6, 6.07) is 9.68. The largest absolute Gasteiger partial charge is 0.379 e. The fourth-order valence-electron chi connectivity index (χ4n) is 2.83. The van der Waals surface area contributed by atoms with Crippen LogP contribution in [0.15, 0.2) is 47.4 Å². The number of nitrogens with one attached hydrogen (secondary N) is 2. The monoisotopic (exact) mass is 481 g/mol. The van der Waals surface area contributed by atoms with E-state index in [1.807, 2.05) is 27.7 Å². The molecule has 32 heavy (non-hydrogen) atoms. The molecule has 0 fully saturated rings. The molecule has 0 spiro atoms. The maximum atomic E-state index is 12.8. The summed E-state index contributed by atoms with van der Waals surface area (Å²) in [4.78, 5) is 25.2. The Morgan fingerprint density at radius 3 is 2.22 bits per heavy atom. The summed E-state index contributed by atoms with van der Waals surface area (Å²) >= 11 is 6.13. The number of carbonyl (C=O) groups is 2. The number of rotatable bonds is 8. The van der Waals surface area contributed by atoms with Crippen molar-refractivity contribution in [2.24, 2.45) is 0 Å². The van der Waals surface area contributed by atoms with E-state index in [1.165, 1.54) is 43.3 Å². The summed E-state index contributed by atoms with van der Waals surface area (Å²) in [5.41, 5.74) is 0.913. The Morgan fingerprint density at radius 2 is 1.69 bits per heavy atom. The first-order valence-electron chi connectivity index (χ1n) is 10.1. The second kappa shape index (κ2) is 10.7. The Bertz CT molecular complexity index is 1070. The maximum absolute atomic E-state index is 12.8. The third kappa shape index (κ3) is 7.13. The molecule has 0 atom stereocenters. The van der Waals surface area contributed by atoms with Crippen molar-refractivity contribution in [3.63, 3.8) is 0 Å². The van der Waals surface area contributed by atoms with Crippen LogP contribution in [0.4, 0.5) is 10.5 Å². The van der Waals surface area contributed by atoms with Crippen molar-refractivity contribution < 1.29 is 22.2 Å². The van der Waals surface area contributed by atoms with Gasteiger partial charge in [0.05, 0.1) is 6.54 Å². The van der Waals surface area contributed by atoms with Crippen molar-refractivity contribution in [2.75, 3.05) is 5.32 Å². The molecule has 0 heterocycles. The zero-order valence-corrected chi connectivity index (χ0v) is 20.3. The highest BCUT2D eigenvalue weighted by Crippen LogP contribution is 2.28. The molecule has 0 bridgehead atoms. The van der Waals surface area contributed by atoms with E-state index < -0.39 is 10.1 Å². The number of urea groups is 1. The Morgan fingerprint density at radius 1 is 1.06 bits per heavy atom. The molecule has 2 rings (SSSR count).